The summed E-state index contributed by atoms with van der Waals surface area (Å²) >= 11 is 1.67. The highest BCUT2D eigenvalue weighted by atomic mass is 32.1. The Morgan fingerprint density at radius 1 is 0.944 bits per heavy atom. The summed E-state index contributed by atoms with van der Waals surface area (Å²) in [6.45, 7) is 0. The van der Waals surface area contributed by atoms with Gasteiger partial charge in [0.2, 0.25) is 0 Å². The third-order valence-electron chi connectivity index (χ3n) is 6.72. The molecule has 0 amide bonds. The number of aromatic nitrogens is 7. The topological polar surface area (TPSA) is 105 Å². The molecule has 0 bridgehead atoms. The first kappa shape index (κ1) is 21.2. The normalized spacial score (nSPS) is 14.6. The summed E-state index contributed by atoms with van der Waals surface area (Å²) in [5, 5.41) is 10.6. The van der Waals surface area contributed by atoms with Crippen LogP contribution >= 0.6 is 11.3 Å². The van der Waals surface area contributed by atoms with Gasteiger partial charge in [-0.15, -0.1) is 11.3 Å². The van der Waals surface area contributed by atoms with Crippen molar-refractivity contribution < 1.29 is 4.74 Å². The van der Waals surface area contributed by atoms with Gasteiger partial charge in [0.1, 0.15) is 17.0 Å². The van der Waals surface area contributed by atoms with Gasteiger partial charge in [-0.05, 0) is 49.3 Å². The smallest absolute Gasteiger partial charge is 0.159 e. The largest absolute Gasteiger partial charge is 0.489 e. The van der Waals surface area contributed by atoms with Gasteiger partial charge >= 0.3 is 0 Å². The predicted octanol–water partition coefficient (Wildman–Crippen LogP) is 6.40. The number of nitrogens with one attached hydrogen (secondary N) is 2. The molecule has 9 heteroatoms. The third kappa shape index (κ3) is 3.81. The van der Waals surface area contributed by atoms with E-state index in [0.717, 1.165) is 67.9 Å². The molecule has 1 fully saturated rings. The Kier molecular flexibility index (Phi) is 5.20. The standard InChI is InChI=1S/C27H23N7OS/c1-2-5-17(6-3-1)35-18-9-16(11-28-12-18)21-10-19-22(15-30-21)33-34-26(19)27-31-23-14-29-13-20(25(23)32-27)24-7-4-8-36-24/h4,7-15,17H,1-3,5-6H2,(H,31,32)(H,33,34). The molecule has 1 aliphatic rings. The molecule has 0 saturated heterocycles. The van der Waals surface area contributed by atoms with E-state index in [-0.39, 0.29) is 6.10 Å². The van der Waals surface area contributed by atoms with Crippen molar-refractivity contribution in [3.8, 4) is 39.0 Å². The van der Waals surface area contributed by atoms with E-state index in [2.05, 4.69) is 41.6 Å². The highest BCUT2D eigenvalue weighted by Crippen LogP contribution is 2.34. The van der Waals surface area contributed by atoms with Gasteiger partial charge in [-0.1, -0.05) is 12.5 Å². The number of fused-ring (bicyclic) bond motifs is 2. The van der Waals surface area contributed by atoms with Crippen LogP contribution in [0.5, 0.6) is 5.75 Å². The Morgan fingerprint density at radius 3 is 2.75 bits per heavy atom. The van der Waals surface area contributed by atoms with E-state index in [0.29, 0.717) is 5.82 Å². The SMILES string of the molecule is c1csc(-c2cncc3[nH]c(-c4n[nH]c5cnc(-c6cncc(OC7CCCCC7)c6)cc45)nc23)c1. The lowest BCUT2D eigenvalue weighted by molar-refractivity contribution is 0.154. The molecule has 6 aromatic heterocycles. The first-order valence-corrected chi connectivity index (χ1v) is 13.0. The monoisotopic (exact) mass is 493 g/mol. The van der Waals surface area contributed by atoms with E-state index in [1.807, 2.05) is 30.6 Å². The van der Waals surface area contributed by atoms with Crippen LogP contribution < -0.4 is 4.74 Å². The molecule has 6 heterocycles. The molecule has 0 atom stereocenters. The van der Waals surface area contributed by atoms with Crippen molar-refractivity contribution >= 4 is 33.3 Å². The average Bonchev–Trinajstić information content (AvgIpc) is 3.68. The van der Waals surface area contributed by atoms with Crippen molar-refractivity contribution in [2.45, 2.75) is 38.2 Å². The van der Waals surface area contributed by atoms with E-state index in [1.54, 1.807) is 29.9 Å². The zero-order chi connectivity index (χ0) is 23.9. The number of thiophene rings is 1. The Hall–Kier alpha value is -4.11. The minimum absolute atomic E-state index is 0.272. The third-order valence-corrected chi connectivity index (χ3v) is 7.62. The first-order chi connectivity index (χ1) is 17.8. The number of hydrogen-bond acceptors (Lipinski definition) is 7. The molecule has 1 aliphatic carbocycles. The fourth-order valence-electron chi connectivity index (χ4n) is 4.91. The van der Waals surface area contributed by atoms with Gasteiger partial charge in [0.25, 0.3) is 0 Å². The van der Waals surface area contributed by atoms with Crippen LogP contribution in [-0.2, 0) is 0 Å². The summed E-state index contributed by atoms with van der Waals surface area (Å²) < 4.78 is 6.23. The van der Waals surface area contributed by atoms with Gasteiger partial charge in [0.15, 0.2) is 5.82 Å². The van der Waals surface area contributed by atoms with E-state index in [1.165, 1.54) is 19.3 Å². The number of nitrogens with zero attached hydrogens (tertiary/aromatic N) is 5. The number of imidazole rings is 1. The maximum absolute atomic E-state index is 6.23. The van der Waals surface area contributed by atoms with Crippen LogP contribution in [0.3, 0.4) is 0 Å². The van der Waals surface area contributed by atoms with E-state index < -0.39 is 0 Å². The molecule has 0 spiro atoms. The maximum atomic E-state index is 6.23. The van der Waals surface area contributed by atoms with Crippen molar-refractivity contribution in [1.29, 1.82) is 0 Å². The molecule has 6 aromatic rings. The molecule has 36 heavy (non-hydrogen) atoms. The molecule has 0 unspecified atom stereocenters. The van der Waals surface area contributed by atoms with Crippen molar-refractivity contribution in [1.82, 2.24) is 35.1 Å². The molecule has 0 radical (unpaired) electrons. The van der Waals surface area contributed by atoms with Crippen LogP contribution in [0.2, 0.25) is 0 Å². The number of ether oxygens (including phenoxy) is 1. The second-order valence-corrected chi connectivity index (χ2v) is 10.1. The van der Waals surface area contributed by atoms with Crippen molar-refractivity contribution in [3.63, 3.8) is 0 Å². The van der Waals surface area contributed by atoms with E-state index in [4.69, 9.17) is 9.72 Å². The van der Waals surface area contributed by atoms with Gasteiger partial charge in [0.05, 0.1) is 41.4 Å². The Balaban J connectivity index is 1.26. The number of pyridine rings is 3. The average molecular weight is 494 g/mol. The Labute approximate surface area is 210 Å². The minimum Gasteiger partial charge on any atom is -0.489 e. The number of hydrogen-bond donors (Lipinski definition) is 2. The van der Waals surface area contributed by atoms with E-state index >= 15 is 0 Å². The summed E-state index contributed by atoms with van der Waals surface area (Å²) in [6, 6.07) is 8.17. The lowest BCUT2D eigenvalue weighted by Crippen LogP contribution is -2.19. The lowest BCUT2D eigenvalue weighted by atomic mass is 9.98. The highest BCUT2D eigenvalue weighted by Gasteiger charge is 2.18. The van der Waals surface area contributed by atoms with Crippen molar-refractivity contribution in [2.24, 2.45) is 0 Å². The van der Waals surface area contributed by atoms with Gasteiger partial charge in [-0.3, -0.25) is 20.1 Å². The first-order valence-electron chi connectivity index (χ1n) is 12.2. The molecule has 7 rings (SSSR count). The van der Waals surface area contributed by atoms with Gasteiger partial charge in [-0.2, -0.15) is 5.10 Å². The molecule has 178 valence electrons. The molecule has 0 aromatic carbocycles. The molecular formula is C27H23N7OS. The van der Waals surface area contributed by atoms with Gasteiger partial charge in [0, 0.05) is 33.8 Å². The number of aromatic amines is 2. The summed E-state index contributed by atoms with van der Waals surface area (Å²) in [5.41, 5.74) is 6.06. The second kappa shape index (κ2) is 8.83. The Morgan fingerprint density at radius 2 is 1.86 bits per heavy atom. The summed E-state index contributed by atoms with van der Waals surface area (Å²) in [6.07, 6.45) is 15.3. The summed E-state index contributed by atoms with van der Waals surface area (Å²) in [7, 11) is 0. The van der Waals surface area contributed by atoms with Crippen LogP contribution in [-0.4, -0.2) is 41.2 Å². The summed E-state index contributed by atoms with van der Waals surface area (Å²) in [5.74, 6) is 1.48. The van der Waals surface area contributed by atoms with Gasteiger partial charge < -0.3 is 9.72 Å². The minimum atomic E-state index is 0.272. The molecule has 2 N–H and O–H groups in total. The number of H-pyrrole nitrogens is 2. The second-order valence-electron chi connectivity index (χ2n) is 9.12. The zero-order valence-corrected chi connectivity index (χ0v) is 20.3. The number of rotatable bonds is 5. The molecular weight excluding hydrogens is 470 g/mol. The molecule has 0 aliphatic heterocycles. The van der Waals surface area contributed by atoms with E-state index in [9.17, 15) is 0 Å². The van der Waals surface area contributed by atoms with Crippen LogP contribution in [0.15, 0.2) is 60.6 Å². The fraction of sp³-hybridized carbons (Fsp3) is 0.222. The predicted molar refractivity (Wildman–Crippen MR) is 141 cm³/mol. The lowest BCUT2D eigenvalue weighted by Gasteiger charge is -2.22. The molecule has 8 nitrogen and oxygen atoms in total. The maximum Gasteiger partial charge on any atom is 0.159 e. The quantitative estimate of drug-likeness (QED) is 0.288. The summed E-state index contributed by atoms with van der Waals surface area (Å²) in [4.78, 5) is 22.9. The van der Waals surface area contributed by atoms with Crippen LogP contribution in [0.1, 0.15) is 32.1 Å². The fourth-order valence-corrected chi connectivity index (χ4v) is 5.65. The molecule has 1 saturated carbocycles. The van der Waals surface area contributed by atoms with Crippen molar-refractivity contribution in [2.75, 3.05) is 0 Å². The van der Waals surface area contributed by atoms with Gasteiger partial charge in [-0.25, -0.2) is 4.98 Å². The van der Waals surface area contributed by atoms with Crippen LogP contribution in [0, 0.1) is 0 Å². The zero-order valence-electron chi connectivity index (χ0n) is 19.4. The Bertz CT molecular complexity index is 1660. The van der Waals surface area contributed by atoms with Crippen molar-refractivity contribution in [3.05, 3.63) is 60.6 Å². The van der Waals surface area contributed by atoms with Crippen LogP contribution in [0.4, 0.5) is 0 Å². The highest BCUT2D eigenvalue weighted by molar-refractivity contribution is 7.13. The van der Waals surface area contributed by atoms with Crippen LogP contribution in [0.25, 0.3) is 55.2 Å².